The molecule has 0 amide bonds. The summed E-state index contributed by atoms with van der Waals surface area (Å²) in [6.07, 6.45) is 3.83. The molecule has 0 aliphatic heterocycles. The maximum Gasteiger partial charge on any atom is 0.103 e. The zero-order valence-corrected chi connectivity index (χ0v) is 12.7. The van der Waals surface area contributed by atoms with Crippen molar-refractivity contribution in [2.24, 2.45) is 5.92 Å². The predicted octanol–water partition coefficient (Wildman–Crippen LogP) is 4.30. The molecular formula is C16H22N2S. The van der Waals surface area contributed by atoms with Gasteiger partial charge in [0, 0.05) is 18.0 Å². The summed E-state index contributed by atoms with van der Waals surface area (Å²) >= 11 is 1.76. The number of nitrogens with zero attached hydrogens (tertiary/aromatic N) is 2. The van der Waals surface area contributed by atoms with E-state index in [1.165, 1.54) is 12.8 Å². The molecule has 1 aliphatic carbocycles. The highest BCUT2D eigenvalue weighted by Gasteiger charge is 2.25. The third-order valence-electron chi connectivity index (χ3n) is 3.43. The van der Waals surface area contributed by atoms with E-state index in [2.05, 4.69) is 43.0 Å². The number of hydrogen-bond acceptors (Lipinski definition) is 3. The van der Waals surface area contributed by atoms with Crippen LogP contribution in [0.5, 0.6) is 0 Å². The third kappa shape index (κ3) is 3.67. The van der Waals surface area contributed by atoms with E-state index in [0.717, 1.165) is 47.3 Å². The van der Waals surface area contributed by atoms with Gasteiger partial charge < -0.3 is 4.90 Å². The largest absolute Gasteiger partial charge is 0.370 e. The second-order valence-electron chi connectivity index (χ2n) is 5.08. The van der Waals surface area contributed by atoms with Crippen LogP contribution in [0.2, 0.25) is 0 Å². The molecule has 2 rings (SSSR count). The van der Waals surface area contributed by atoms with Gasteiger partial charge in [-0.1, -0.05) is 19.9 Å². The van der Waals surface area contributed by atoms with Crippen LogP contribution in [0.1, 0.15) is 38.7 Å². The van der Waals surface area contributed by atoms with Crippen molar-refractivity contribution in [2.75, 3.05) is 23.7 Å². The van der Waals surface area contributed by atoms with E-state index >= 15 is 0 Å². The Labute approximate surface area is 120 Å². The standard InChI is InChI=1S/C16H22N2S/c1-3-10-18(12-13-8-9-13)15-6-5-7-16(19-4-2)14(15)11-17/h5-7,13H,3-4,8-10,12H2,1-2H3. The van der Waals surface area contributed by atoms with Crippen LogP contribution >= 0.6 is 11.8 Å². The van der Waals surface area contributed by atoms with Crippen molar-refractivity contribution in [2.45, 2.75) is 38.0 Å². The quantitative estimate of drug-likeness (QED) is 0.694. The molecule has 0 N–H and O–H groups in total. The van der Waals surface area contributed by atoms with E-state index in [1.807, 2.05) is 0 Å². The van der Waals surface area contributed by atoms with Gasteiger partial charge in [-0.2, -0.15) is 5.26 Å². The number of anilines is 1. The highest BCUT2D eigenvalue weighted by molar-refractivity contribution is 7.99. The van der Waals surface area contributed by atoms with E-state index in [1.54, 1.807) is 11.8 Å². The first-order chi connectivity index (χ1) is 9.30. The van der Waals surface area contributed by atoms with Gasteiger partial charge in [0.05, 0.1) is 11.3 Å². The number of benzene rings is 1. The Morgan fingerprint density at radius 2 is 2.16 bits per heavy atom. The molecule has 1 fully saturated rings. The lowest BCUT2D eigenvalue weighted by molar-refractivity contribution is 0.706. The summed E-state index contributed by atoms with van der Waals surface area (Å²) in [4.78, 5) is 3.54. The molecule has 2 nitrogen and oxygen atoms in total. The Kier molecular flexibility index (Phi) is 5.15. The van der Waals surface area contributed by atoms with Gasteiger partial charge in [-0.3, -0.25) is 0 Å². The molecule has 19 heavy (non-hydrogen) atoms. The van der Waals surface area contributed by atoms with Gasteiger partial charge in [0.25, 0.3) is 0 Å². The number of thioether (sulfide) groups is 1. The summed E-state index contributed by atoms with van der Waals surface area (Å²) < 4.78 is 0. The average molecular weight is 274 g/mol. The lowest BCUT2D eigenvalue weighted by atomic mass is 10.1. The van der Waals surface area contributed by atoms with Gasteiger partial charge in [-0.15, -0.1) is 11.8 Å². The van der Waals surface area contributed by atoms with Crippen LogP contribution in [0.15, 0.2) is 23.1 Å². The first kappa shape index (κ1) is 14.3. The maximum atomic E-state index is 9.50. The molecule has 1 aliphatic rings. The fourth-order valence-electron chi connectivity index (χ4n) is 2.36. The van der Waals surface area contributed by atoms with Crippen molar-refractivity contribution >= 4 is 17.4 Å². The van der Waals surface area contributed by atoms with E-state index in [-0.39, 0.29) is 0 Å². The molecule has 1 saturated carbocycles. The Hall–Kier alpha value is -1.14. The van der Waals surface area contributed by atoms with Crippen LogP contribution in [-0.2, 0) is 0 Å². The van der Waals surface area contributed by atoms with Crippen molar-refractivity contribution < 1.29 is 0 Å². The van der Waals surface area contributed by atoms with Gasteiger partial charge in [0.2, 0.25) is 0 Å². The highest BCUT2D eigenvalue weighted by Crippen LogP contribution is 2.35. The summed E-state index contributed by atoms with van der Waals surface area (Å²) in [6.45, 7) is 6.50. The zero-order valence-electron chi connectivity index (χ0n) is 11.9. The lowest BCUT2D eigenvalue weighted by Gasteiger charge is -2.26. The second kappa shape index (κ2) is 6.86. The molecule has 0 bridgehead atoms. The zero-order chi connectivity index (χ0) is 13.7. The number of hydrogen-bond donors (Lipinski definition) is 0. The average Bonchev–Trinajstić information content (AvgIpc) is 3.22. The Bertz CT molecular complexity index is 460. The van der Waals surface area contributed by atoms with Crippen molar-refractivity contribution in [3.05, 3.63) is 23.8 Å². The fourth-order valence-corrected chi connectivity index (χ4v) is 3.14. The van der Waals surface area contributed by atoms with Crippen molar-refractivity contribution in [3.63, 3.8) is 0 Å². The van der Waals surface area contributed by atoms with E-state index in [9.17, 15) is 5.26 Å². The molecule has 1 aromatic carbocycles. The minimum Gasteiger partial charge on any atom is -0.370 e. The maximum absolute atomic E-state index is 9.50. The van der Waals surface area contributed by atoms with Crippen molar-refractivity contribution in [1.82, 2.24) is 0 Å². The minimum atomic E-state index is 0.848. The van der Waals surface area contributed by atoms with Gasteiger partial charge in [-0.05, 0) is 43.1 Å². The lowest BCUT2D eigenvalue weighted by Crippen LogP contribution is -2.27. The van der Waals surface area contributed by atoms with Gasteiger partial charge in [0.15, 0.2) is 0 Å². The first-order valence-corrected chi connectivity index (χ1v) is 8.19. The molecule has 102 valence electrons. The predicted molar refractivity (Wildman–Crippen MR) is 82.8 cm³/mol. The molecule has 1 aromatic rings. The number of nitriles is 1. The Balaban J connectivity index is 2.28. The fraction of sp³-hybridized carbons (Fsp3) is 0.562. The summed E-state index contributed by atoms with van der Waals surface area (Å²) in [5.74, 6) is 1.86. The van der Waals surface area contributed by atoms with E-state index in [0.29, 0.717) is 0 Å². The van der Waals surface area contributed by atoms with Crippen molar-refractivity contribution in [1.29, 1.82) is 5.26 Å². The monoisotopic (exact) mass is 274 g/mol. The van der Waals surface area contributed by atoms with Crippen molar-refractivity contribution in [3.8, 4) is 6.07 Å². The highest BCUT2D eigenvalue weighted by atomic mass is 32.2. The molecule has 3 heteroatoms. The van der Waals surface area contributed by atoms with Gasteiger partial charge in [0.1, 0.15) is 6.07 Å². The molecule has 0 saturated heterocycles. The molecule has 0 spiro atoms. The summed E-state index contributed by atoms with van der Waals surface area (Å²) in [5, 5.41) is 9.50. The Morgan fingerprint density at radius 1 is 1.37 bits per heavy atom. The van der Waals surface area contributed by atoms with E-state index in [4.69, 9.17) is 0 Å². The smallest absolute Gasteiger partial charge is 0.103 e. The first-order valence-electron chi connectivity index (χ1n) is 7.21. The third-order valence-corrected chi connectivity index (χ3v) is 4.37. The number of rotatable bonds is 7. The Morgan fingerprint density at radius 3 is 2.74 bits per heavy atom. The SMILES string of the molecule is CCCN(CC1CC1)c1cccc(SCC)c1C#N. The van der Waals surface area contributed by atoms with Gasteiger partial charge in [-0.25, -0.2) is 0 Å². The summed E-state index contributed by atoms with van der Waals surface area (Å²) in [5.41, 5.74) is 2.00. The molecule has 0 heterocycles. The molecule has 0 unspecified atom stereocenters. The van der Waals surface area contributed by atoms with Crippen LogP contribution in [0.4, 0.5) is 5.69 Å². The van der Waals surface area contributed by atoms with Crippen LogP contribution in [-0.4, -0.2) is 18.8 Å². The summed E-state index contributed by atoms with van der Waals surface area (Å²) in [6, 6.07) is 8.68. The molecular weight excluding hydrogens is 252 g/mol. The summed E-state index contributed by atoms with van der Waals surface area (Å²) in [7, 11) is 0. The molecule has 0 aromatic heterocycles. The molecule has 0 radical (unpaired) electrons. The van der Waals surface area contributed by atoms with Crippen LogP contribution in [0, 0.1) is 17.2 Å². The van der Waals surface area contributed by atoms with Gasteiger partial charge >= 0.3 is 0 Å². The minimum absolute atomic E-state index is 0.848. The molecule has 0 atom stereocenters. The normalized spacial score (nSPS) is 14.2. The van der Waals surface area contributed by atoms with Crippen LogP contribution in [0.25, 0.3) is 0 Å². The van der Waals surface area contributed by atoms with E-state index < -0.39 is 0 Å². The van der Waals surface area contributed by atoms with Crippen LogP contribution < -0.4 is 4.90 Å². The second-order valence-corrected chi connectivity index (χ2v) is 6.39. The van der Waals surface area contributed by atoms with Crippen LogP contribution in [0.3, 0.4) is 0 Å². The topological polar surface area (TPSA) is 27.0 Å².